The van der Waals surface area contributed by atoms with E-state index in [-0.39, 0.29) is 80.3 Å². The van der Waals surface area contributed by atoms with Gasteiger partial charge >= 0.3 is 0 Å². The summed E-state index contributed by atoms with van der Waals surface area (Å²) in [6, 6.07) is 37.6. The van der Waals surface area contributed by atoms with Crippen LogP contribution in [0.1, 0.15) is 126 Å². The van der Waals surface area contributed by atoms with Crippen LogP contribution in [0, 0.1) is 6.85 Å². The highest BCUT2D eigenvalue weighted by Gasteiger charge is 2.39. The van der Waals surface area contributed by atoms with Crippen LogP contribution < -0.4 is 14.5 Å². The van der Waals surface area contributed by atoms with Crippen LogP contribution in [0.2, 0.25) is 0 Å². The van der Waals surface area contributed by atoms with E-state index in [9.17, 15) is 5.48 Å². The lowest BCUT2D eigenvalue weighted by Crippen LogP contribution is -2.34. The molecule has 0 bridgehead atoms. The fourth-order valence-electron chi connectivity index (χ4n) is 11.5. The molecule has 0 fully saturated rings. The quantitative estimate of drug-likeness (QED) is 0.152. The van der Waals surface area contributed by atoms with Gasteiger partial charge in [0.15, 0.2) is 0 Å². The normalized spacial score (nSPS) is 17.4. The molecule has 0 unspecified atom stereocenters. The average Bonchev–Trinajstić information content (AvgIpc) is 1.29. The van der Waals surface area contributed by atoms with Gasteiger partial charge < -0.3 is 14.5 Å². The van der Waals surface area contributed by atoms with Crippen LogP contribution in [0.3, 0.4) is 0 Å². The number of ether oxygens (including phenoxy) is 1. The Morgan fingerprint density at radius 1 is 0.553 bits per heavy atom. The van der Waals surface area contributed by atoms with Gasteiger partial charge in [0, 0.05) is 55.6 Å². The van der Waals surface area contributed by atoms with Gasteiger partial charge in [-0.2, -0.15) is 0 Å². The van der Waals surface area contributed by atoms with E-state index in [1.165, 1.54) is 11.6 Å². The van der Waals surface area contributed by atoms with Crippen LogP contribution in [0.5, 0.6) is 11.5 Å². The molecule has 5 nitrogen and oxygen atoms in total. The van der Waals surface area contributed by atoms with Crippen molar-refractivity contribution in [1.29, 1.82) is 0 Å². The molecule has 0 spiro atoms. The predicted octanol–water partition coefficient (Wildman–Crippen LogP) is 19.5. The monoisotopic (exact) mass is 1010 g/mol. The van der Waals surface area contributed by atoms with E-state index in [0.717, 1.165) is 63.3 Å². The lowest BCUT2D eigenvalue weighted by molar-refractivity contribution is 0.333. The van der Waals surface area contributed by atoms with E-state index >= 15 is 0 Å². The van der Waals surface area contributed by atoms with E-state index in [1.807, 2.05) is 78.9 Å². The van der Waals surface area contributed by atoms with Crippen LogP contribution in [0.25, 0.3) is 61.0 Å². The Bertz CT molecular complexity index is 4490. The minimum absolute atomic E-state index is 0.0605. The standard InChI is InChI=1S/C71H70N4O/c1-46-38-65(72-44-59(46)58-29-21-30-60-66(58)71(10,11)37-36-70(60,8)9)75-61-31-16-15-26-56(61)57-35-34-53(43-64(57)75)76-52-25-19-24-51(42-52)73-45-74(63-33-18-17-32-62(63)73)67-54(47-22-13-12-14-23-47)27-20-28-55(67)48-39-49(68(2,3)4)41-50(40-48)69(5,6)7/h12-35,38-44H,36-37,45H2,1-11H3/i1D3,12D,13D,14D,15D,16D,22D,23D,26D,31D. The molecule has 0 N–H and O–H groups in total. The Morgan fingerprint density at radius 2 is 1.20 bits per heavy atom. The zero-order valence-corrected chi connectivity index (χ0v) is 45.0. The third-order valence-corrected chi connectivity index (χ3v) is 15.8. The van der Waals surface area contributed by atoms with Crippen molar-refractivity contribution >= 4 is 44.6 Å². The third kappa shape index (κ3) is 8.54. The van der Waals surface area contributed by atoms with Crippen LogP contribution in [0.4, 0.5) is 22.7 Å². The Morgan fingerprint density at radius 3 is 1.93 bits per heavy atom. The fraction of sp³-hybridized carbons (Fsp3) is 0.254. The Kier molecular flexibility index (Phi) is 8.83. The topological polar surface area (TPSA) is 33.5 Å². The molecule has 2 aliphatic rings. The van der Waals surface area contributed by atoms with Gasteiger partial charge in [-0.3, -0.25) is 4.57 Å². The minimum Gasteiger partial charge on any atom is -0.457 e. The molecule has 2 aromatic heterocycles. The van der Waals surface area contributed by atoms with Crippen molar-refractivity contribution in [2.75, 3.05) is 16.5 Å². The van der Waals surface area contributed by atoms with Crippen LogP contribution in [-0.4, -0.2) is 16.2 Å². The first-order chi connectivity index (χ1) is 41.3. The van der Waals surface area contributed by atoms with Gasteiger partial charge in [0.05, 0.1) is 40.4 Å². The van der Waals surface area contributed by atoms with E-state index < -0.39 is 37.1 Å². The zero-order chi connectivity index (χ0) is 63.2. The van der Waals surface area contributed by atoms with Crippen molar-refractivity contribution < 1.29 is 21.2 Å². The molecule has 0 amide bonds. The summed E-state index contributed by atoms with van der Waals surface area (Å²) in [4.78, 5) is 9.30. The summed E-state index contributed by atoms with van der Waals surface area (Å²) < 4.78 is 116. The zero-order valence-electron chi connectivity index (χ0n) is 57.0. The predicted molar refractivity (Wildman–Crippen MR) is 321 cm³/mol. The third-order valence-electron chi connectivity index (χ3n) is 15.8. The molecule has 5 heteroatoms. The second-order valence-corrected chi connectivity index (χ2v) is 23.9. The van der Waals surface area contributed by atoms with Crippen molar-refractivity contribution in [3.8, 4) is 50.7 Å². The number of pyridine rings is 1. The molecular formula is C71H70N4O. The summed E-state index contributed by atoms with van der Waals surface area (Å²) in [5.41, 5.74) is 11.0. The second-order valence-electron chi connectivity index (χ2n) is 23.9. The summed E-state index contributed by atoms with van der Waals surface area (Å²) in [6.07, 6.45) is 3.49. The van der Waals surface area contributed by atoms with Crippen LogP contribution >= 0.6 is 0 Å². The molecule has 3 heterocycles. The molecule has 0 atom stereocenters. The van der Waals surface area contributed by atoms with Gasteiger partial charge in [0.25, 0.3) is 0 Å². The van der Waals surface area contributed by atoms with Crippen molar-refractivity contribution in [1.82, 2.24) is 9.55 Å². The SMILES string of the molecule is [2H]c1c([2H])c([2H])c(-c2cccc(-c3cc(C(C)(C)C)cc(C(C)(C)C)c3)c2N2CN(c3cccc(Oc4ccc5c6c([2H])c([2H])c([2H])c([2H])c6n(-c6cc(C([2H])([2H])[2H])c(-c7cccc8c7C(C)(C)CCC8(C)C)cn6)c5c4)c3)c3ccccc32)c([2H])c1[2H]. The van der Waals surface area contributed by atoms with E-state index in [0.29, 0.717) is 39.2 Å². The average molecular weight is 1010 g/mol. The molecule has 0 saturated heterocycles. The molecule has 1 aliphatic heterocycles. The van der Waals surface area contributed by atoms with E-state index in [4.69, 9.17) is 20.7 Å². The van der Waals surface area contributed by atoms with Crippen LogP contribution in [0.15, 0.2) is 188 Å². The first kappa shape index (κ1) is 37.0. The van der Waals surface area contributed by atoms with Gasteiger partial charge in [-0.15, -0.1) is 0 Å². The lowest BCUT2D eigenvalue weighted by Gasteiger charge is -2.43. The van der Waals surface area contributed by atoms with E-state index in [2.05, 4.69) is 103 Å². The number of hydrogen-bond acceptors (Lipinski definition) is 4. The highest BCUT2D eigenvalue weighted by Crippen LogP contribution is 2.52. The number of anilines is 4. The van der Waals surface area contributed by atoms with Gasteiger partial charge in [0.2, 0.25) is 0 Å². The molecule has 1 aliphatic carbocycles. The first-order valence-electron chi connectivity index (χ1n) is 32.3. The van der Waals surface area contributed by atoms with Gasteiger partial charge in [-0.25, -0.2) is 4.98 Å². The highest BCUT2D eigenvalue weighted by molar-refractivity contribution is 6.09. The van der Waals surface area contributed by atoms with Gasteiger partial charge in [-0.1, -0.05) is 190 Å². The number of aromatic nitrogens is 2. The Balaban J connectivity index is 0.985. The van der Waals surface area contributed by atoms with Crippen molar-refractivity contribution in [2.24, 2.45) is 0 Å². The minimum atomic E-state index is -2.61. The molecule has 380 valence electrons. The number of fused-ring (bicyclic) bond motifs is 5. The maximum atomic E-state index is 9.33. The molecule has 0 saturated carbocycles. The molecule has 76 heavy (non-hydrogen) atoms. The van der Waals surface area contributed by atoms with Crippen molar-refractivity contribution in [3.63, 3.8) is 0 Å². The number of hydrogen-bond donors (Lipinski definition) is 0. The molecular weight excluding hydrogens is 925 g/mol. The smallest absolute Gasteiger partial charge is 0.137 e. The molecule has 8 aromatic carbocycles. The molecule has 0 radical (unpaired) electrons. The Labute approximate surface area is 467 Å². The molecule has 10 aromatic rings. The number of aryl methyl sites for hydroxylation is 1. The highest BCUT2D eigenvalue weighted by atomic mass is 16.5. The fourth-order valence-corrected chi connectivity index (χ4v) is 11.5. The number of nitrogens with zero attached hydrogens (tertiary/aromatic N) is 4. The van der Waals surface area contributed by atoms with Gasteiger partial charge in [-0.05, 0) is 134 Å². The summed E-state index contributed by atoms with van der Waals surface area (Å²) in [6.45, 7) is 19.6. The summed E-state index contributed by atoms with van der Waals surface area (Å²) in [5.74, 6) is 0.983. The Hall–Kier alpha value is -7.89. The molecule has 12 rings (SSSR count). The number of para-hydroxylation sites is 4. The van der Waals surface area contributed by atoms with E-state index in [1.54, 1.807) is 29.0 Å². The van der Waals surface area contributed by atoms with Crippen molar-refractivity contribution in [3.05, 3.63) is 216 Å². The lowest BCUT2D eigenvalue weighted by atomic mass is 9.61. The summed E-state index contributed by atoms with van der Waals surface area (Å²) >= 11 is 0. The number of benzene rings is 8. The second kappa shape index (κ2) is 18.2. The maximum absolute atomic E-state index is 9.33. The van der Waals surface area contributed by atoms with Crippen LogP contribution in [-0.2, 0) is 21.7 Å². The largest absolute Gasteiger partial charge is 0.457 e. The first-order valence-corrected chi connectivity index (χ1v) is 26.3. The van der Waals surface area contributed by atoms with Crippen molar-refractivity contribution in [2.45, 2.75) is 111 Å². The van der Waals surface area contributed by atoms with Gasteiger partial charge in [0.1, 0.15) is 24.0 Å². The summed E-state index contributed by atoms with van der Waals surface area (Å²) in [7, 11) is 0. The summed E-state index contributed by atoms with van der Waals surface area (Å²) in [5, 5.41) is 0.740. The maximum Gasteiger partial charge on any atom is 0.137 e. The number of rotatable bonds is 8.